The Labute approximate surface area is 151 Å². The molecule has 0 unspecified atom stereocenters. The summed E-state index contributed by atoms with van der Waals surface area (Å²) < 4.78 is 6.49. The second kappa shape index (κ2) is 7.07. The third-order valence-electron chi connectivity index (χ3n) is 4.75. The van der Waals surface area contributed by atoms with Crippen LogP contribution in [0.15, 0.2) is 57.7 Å². The second-order valence-corrected chi connectivity index (χ2v) is 6.56. The van der Waals surface area contributed by atoms with Crippen molar-refractivity contribution in [3.8, 4) is 0 Å². The van der Waals surface area contributed by atoms with Crippen LogP contribution in [0.4, 0.5) is 11.4 Å². The highest BCUT2D eigenvalue weighted by Gasteiger charge is 2.13. The van der Waals surface area contributed by atoms with Gasteiger partial charge in [0.25, 0.3) is 0 Å². The van der Waals surface area contributed by atoms with Crippen molar-refractivity contribution in [1.82, 2.24) is 4.57 Å². The highest BCUT2D eigenvalue weighted by molar-refractivity contribution is 5.91. The summed E-state index contributed by atoms with van der Waals surface area (Å²) in [5, 5.41) is 2.84. The summed E-state index contributed by atoms with van der Waals surface area (Å²) in [5.74, 6) is -0.786. The highest BCUT2D eigenvalue weighted by Crippen LogP contribution is 2.22. The van der Waals surface area contributed by atoms with Crippen LogP contribution in [0.25, 0.3) is 11.1 Å². The molecule has 0 bridgehead atoms. The number of oxazole rings is 1. The number of para-hydroxylation sites is 2. The first-order valence-corrected chi connectivity index (χ1v) is 8.94. The molecule has 0 spiro atoms. The lowest BCUT2D eigenvalue weighted by Crippen LogP contribution is -2.29. The molecule has 3 aromatic rings. The molecule has 4 rings (SSSR count). The number of aromatic nitrogens is 1. The Morgan fingerprint density at radius 2 is 1.73 bits per heavy atom. The summed E-state index contributed by atoms with van der Waals surface area (Å²) in [6.07, 6.45) is 3.75. The normalized spacial score (nSPS) is 14.5. The van der Waals surface area contributed by atoms with Gasteiger partial charge in [-0.15, -0.1) is 0 Å². The Hall–Kier alpha value is -3.02. The SMILES string of the molecule is O=C(Cn1c(=O)oc2ccccc21)Nc1ccc(N2CCCCC2)cc1. The first-order chi connectivity index (χ1) is 12.7. The van der Waals surface area contributed by atoms with Gasteiger partial charge in [0.1, 0.15) is 6.54 Å². The van der Waals surface area contributed by atoms with Crippen LogP contribution in [0.2, 0.25) is 0 Å². The lowest BCUT2D eigenvalue weighted by molar-refractivity contribution is -0.116. The summed E-state index contributed by atoms with van der Waals surface area (Å²) >= 11 is 0. The highest BCUT2D eigenvalue weighted by atomic mass is 16.4. The molecule has 134 valence electrons. The van der Waals surface area contributed by atoms with Crippen LogP contribution in [0.5, 0.6) is 0 Å². The van der Waals surface area contributed by atoms with E-state index in [4.69, 9.17) is 4.42 Å². The smallest absolute Gasteiger partial charge is 0.408 e. The molecule has 1 saturated heterocycles. The van der Waals surface area contributed by atoms with E-state index < -0.39 is 5.76 Å². The standard InChI is InChI=1S/C20H21N3O3/c24-19(14-23-17-6-2-3-7-18(17)26-20(23)25)21-15-8-10-16(11-9-15)22-12-4-1-5-13-22/h2-3,6-11H,1,4-5,12-14H2,(H,21,24). The van der Waals surface area contributed by atoms with Gasteiger partial charge in [0.05, 0.1) is 5.52 Å². The van der Waals surface area contributed by atoms with E-state index in [2.05, 4.69) is 10.2 Å². The van der Waals surface area contributed by atoms with Gasteiger partial charge in [-0.1, -0.05) is 12.1 Å². The number of anilines is 2. The number of hydrogen-bond donors (Lipinski definition) is 1. The number of carbonyl (C=O) groups excluding carboxylic acids is 1. The molecule has 1 N–H and O–H groups in total. The number of piperidine rings is 1. The molecule has 1 fully saturated rings. The van der Waals surface area contributed by atoms with Crippen molar-refractivity contribution in [1.29, 1.82) is 0 Å². The summed E-state index contributed by atoms with van der Waals surface area (Å²) in [7, 11) is 0. The maximum absolute atomic E-state index is 12.3. The van der Waals surface area contributed by atoms with Gasteiger partial charge in [-0.05, 0) is 55.7 Å². The van der Waals surface area contributed by atoms with E-state index in [1.165, 1.54) is 29.5 Å². The topological polar surface area (TPSA) is 67.5 Å². The zero-order valence-electron chi connectivity index (χ0n) is 14.5. The van der Waals surface area contributed by atoms with Crippen molar-refractivity contribution < 1.29 is 9.21 Å². The molecule has 2 heterocycles. The van der Waals surface area contributed by atoms with Crippen LogP contribution in [0.3, 0.4) is 0 Å². The van der Waals surface area contributed by atoms with Crippen molar-refractivity contribution in [3.05, 3.63) is 59.1 Å². The zero-order chi connectivity index (χ0) is 17.9. The fraction of sp³-hybridized carbons (Fsp3) is 0.300. The average Bonchev–Trinajstić information content (AvgIpc) is 2.98. The number of nitrogens with one attached hydrogen (secondary N) is 1. The number of rotatable bonds is 4. The number of nitrogens with zero attached hydrogens (tertiary/aromatic N) is 2. The summed E-state index contributed by atoms with van der Waals surface area (Å²) in [6, 6.07) is 14.9. The number of carbonyl (C=O) groups is 1. The fourth-order valence-corrected chi connectivity index (χ4v) is 3.42. The molecule has 6 heteroatoms. The van der Waals surface area contributed by atoms with Crippen molar-refractivity contribution in [2.75, 3.05) is 23.3 Å². The van der Waals surface area contributed by atoms with Crippen molar-refractivity contribution in [2.45, 2.75) is 25.8 Å². The largest absolute Gasteiger partial charge is 0.420 e. The molecule has 0 radical (unpaired) electrons. The van der Waals surface area contributed by atoms with E-state index in [9.17, 15) is 9.59 Å². The predicted molar refractivity (Wildman–Crippen MR) is 102 cm³/mol. The van der Waals surface area contributed by atoms with E-state index in [-0.39, 0.29) is 12.5 Å². The van der Waals surface area contributed by atoms with E-state index in [0.717, 1.165) is 18.8 Å². The molecule has 2 aromatic carbocycles. The first-order valence-electron chi connectivity index (χ1n) is 8.94. The summed E-state index contributed by atoms with van der Waals surface area (Å²) in [6.45, 7) is 2.09. The molecule has 1 aromatic heterocycles. The molecule has 0 atom stereocenters. The molecule has 26 heavy (non-hydrogen) atoms. The molecular weight excluding hydrogens is 330 g/mol. The Kier molecular flexibility index (Phi) is 4.48. The molecule has 0 aliphatic carbocycles. The van der Waals surface area contributed by atoms with Crippen LogP contribution < -0.4 is 16.0 Å². The minimum absolute atomic E-state index is 0.0796. The van der Waals surface area contributed by atoms with Crippen LogP contribution in [-0.2, 0) is 11.3 Å². The van der Waals surface area contributed by atoms with Gasteiger partial charge < -0.3 is 14.6 Å². The van der Waals surface area contributed by atoms with Gasteiger partial charge in [0.2, 0.25) is 5.91 Å². The van der Waals surface area contributed by atoms with Crippen LogP contribution >= 0.6 is 0 Å². The minimum Gasteiger partial charge on any atom is -0.408 e. The van der Waals surface area contributed by atoms with Gasteiger partial charge in [-0.2, -0.15) is 0 Å². The molecule has 6 nitrogen and oxygen atoms in total. The van der Waals surface area contributed by atoms with Gasteiger partial charge in [-0.3, -0.25) is 9.36 Å². The molecule has 1 aliphatic rings. The zero-order valence-corrected chi connectivity index (χ0v) is 14.5. The minimum atomic E-state index is -0.526. The number of amides is 1. The van der Waals surface area contributed by atoms with E-state index in [1.807, 2.05) is 30.3 Å². The molecule has 1 aliphatic heterocycles. The van der Waals surface area contributed by atoms with Gasteiger partial charge in [0, 0.05) is 24.5 Å². The Morgan fingerprint density at radius 1 is 1.00 bits per heavy atom. The lowest BCUT2D eigenvalue weighted by Gasteiger charge is -2.28. The third-order valence-corrected chi connectivity index (χ3v) is 4.75. The quantitative estimate of drug-likeness (QED) is 0.784. The number of fused-ring (bicyclic) bond motifs is 1. The van der Waals surface area contributed by atoms with Crippen LogP contribution in [-0.4, -0.2) is 23.6 Å². The maximum Gasteiger partial charge on any atom is 0.420 e. The van der Waals surface area contributed by atoms with Crippen LogP contribution in [0.1, 0.15) is 19.3 Å². The maximum atomic E-state index is 12.3. The summed E-state index contributed by atoms with van der Waals surface area (Å²) in [5.41, 5.74) is 3.00. The van der Waals surface area contributed by atoms with Gasteiger partial charge >= 0.3 is 5.76 Å². The van der Waals surface area contributed by atoms with Crippen molar-refractivity contribution in [2.24, 2.45) is 0 Å². The third kappa shape index (κ3) is 3.35. The predicted octanol–water partition coefficient (Wildman–Crippen LogP) is 3.22. The summed E-state index contributed by atoms with van der Waals surface area (Å²) in [4.78, 5) is 26.7. The number of hydrogen-bond acceptors (Lipinski definition) is 4. The Morgan fingerprint density at radius 3 is 2.50 bits per heavy atom. The average molecular weight is 351 g/mol. The number of benzene rings is 2. The molecular formula is C20H21N3O3. The van der Waals surface area contributed by atoms with Crippen molar-refractivity contribution in [3.63, 3.8) is 0 Å². The monoisotopic (exact) mass is 351 g/mol. The fourth-order valence-electron chi connectivity index (χ4n) is 3.42. The van der Waals surface area contributed by atoms with Crippen LogP contribution in [0, 0.1) is 0 Å². The first kappa shape index (κ1) is 16.4. The van der Waals surface area contributed by atoms with E-state index >= 15 is 0 Å². The Balaban J connectivity index is 1.44. The van der Waals surface area contributed by atoms with Gasteiger partial charge in [0.15, 0.2) is 5.58 Å². The molecule has 0 saturated carbocycles. The van der Waals surface area contributed by atoms with Crippen molar-refractivity contribution >= 4 is 28.4 Å². The van der Waals surface area contributed by atoms with E-state index in [0.29, 0.717) is 11.1 Å². The Bertz CT molecular complexity index is 966. The van der Waals surface area contributed by atoms with Gasteiger partial charge in [-0.25, -0.2) is 4.79 Å². The second-order valence-electron chi connectivity index (χ2n) is 6.56. The molecule has 1 amide bonds. The lowest BCUT2D eigenvalue weighted by atomic mass is 10.1. The van der Waals surface area contributed by atoms with E-state index in [1.54, 1.807) is 18.2 Å².